The topological polar surface area (TPSA) is 72.9 Å². The molecule has 1 fully saturated rings. The molecule has 1 saturated carbocycles. The van der Waals surface area contributed by atoms with Gasteiger partial charge in [-0.3, -0.25) is 9.48 Å². The number of hydrogen-bond donors (Lipinski definition) is 2. The fourth-order valence-electron chi connectivity index (χ4n) is 1.61. The highest BCUT2D eigenvalue weighted by Gasteiger charge is 2.35. The van der Waals surface area contributed by atoms with Crippen molar-refractivity contribution in [2.24, 2.45) is 12.8 Å². The second-order valence-corrected chi connectivity index (χ2v) is 4.00. The van der Waals surface area contributed by atoms with E-state index in [-0.39, 0.29) is 18.0 Å². The molecule has 1 amide bonds. The molecule has 0 aromatic carbocycles. The quantitative estimate of drug-likeness (QED) is 0.723. The van der Waals surface area contributed by atoms with Crippen LogP contribution in [0.4, 0.5) is 0 Å². The molecule has 82 valence electrons. The van der Waals surface area contributed by atoms with Crippen molar-refractivity contribution >= 4 is 5.91 Å². The van der Waals surface area contributed by atoms with E-state index < -0.39 is 0 Å². The molecule has 1 aliphatic carbocycles. The van der Waals surface area contributed by atoms with Gasteiger partial charge in [-0.05, 0) is 12.8 Å². The predicted octanol–water partition coefficient (Wildman–Crippen LogP) is -0.188. The van der Waals surface area contributed by atoms with Gasteiger partial charge in [0.1, 0.15) is 0 Å². The minimum absolute atomic E-state index is 0.0575. The minimum atomic E-state index is -0.0575. The lowest BCUT2D eigenvalue weighted by molar-refractivity contribution is 0.0949. The second kappa shape index (κ2) is 3.66. The van der Waals surface area contributed by atoms with Crippen LogP contribution in [0.15, 0.2) is 6.20 Å². The molecule has 2 atom stereocenters. The van der Waals surface area contributed by atoms with Crippen molar-refractivity contribution in [1.82, 2.24) is 15.1 Å². The maximum absolute atomic E-state index is 11.8. The summed E-state index contributed by atoms with van der Waals surface area (Å²) >= 11 is 0. The zero-order valence-electron chi connectivity index (χ0n) is 9.03. The summed E-state index contributed by atoms with van der Waals surface area (Å²) in [6.07, 6.45) is 3.40. The van der Waals surface area contributed by atoms with Gasteiger partial charge in [0.05, 0.1) is 11.3 Å². The molecule has 0 aliphatic heterocycles. The van der Waals surface area contributed by atoms with E-state index in [1.165, 1.54) is 0 Å². The Bertz CT molecular complexity index is 385. The van der Waals surface area contributed by atoms with Gasteiger partial charge in [0.2, 0.25) is 0 Å². The summed E-state index contributed by atoms with van der Waals surface area (Å²) < 4.78 is 1.67. The Kier molecular flexibility index (Phi) is 2.48. The average molecular weight is 208 g/mol. The van der Waals surface area contributed by atoms with Crippen molar-refractivity contribution in [3.63, 3.8) is 0 Å². The molecule has 3 N–H and O–H groups in total. The summed E-state index contributed by atoms with van der Waals surface area (Å²) in [7, 11) is 1.82. The van der Waals surface area contributed by atoms with E-state index in [9.17, 15) is 4.79 Å². The molecule has 0 radical (unpaired) electrons. The number of aryl methyl sites for hydroxylation is 2. The number of nitrogens with zero attached hydrogens (tertiary/aromatic N) is 2. The van der Waals surface area contributed by atoms with Gasteiger partial charge in [-0.25, -0.2) is 0 Å². The number of nitrogens with one attached hydrogen (secondary N) is 1. The number of aromatic nitrogens is 2. The lowest BCUT2D eigenvalue weighted by atomic mass is 10.2. The normalized spacial score (nSPS) is 23.9. The molecule has 5 heteroatoms. The number of carbonyl (C=O) groups excluding carboxylic acids is 1. The van der Waals surface area contributed by atoms with Crippen LogP contribution in [0.5, 0.6) is 0 Å². The molecule has 0 bridgehead atoms. The van der Waals surface area contributed by atoms with Crippen LogP contribution >= 0.6 is 0 Å². The molecule has 1 heterocycles. The van der Waals surface area contributed by atoms with Gasteiger partial charge < -0.3 is 11.1 Å². The van der Waals surface area contributed by atoms with Crippen LogP contribution in [0, 0.1) is 0 Å². The molecular formula is C10H16N4O. The van der Waals surface area contributed by atoms with Gasteiger partial charge in [-0.15, -0.1) is 0 Å². The number of carbonyl (C=O) groups is 1. The standard InChI is InChI=1S/C10H16N4O/c1-3-8-6(5-14(2)13-8)10(15)12-9-4-7(9)11/h5,7,9H,3-4,11H2,1-2H3,(H,12,15). The van der Waals surface area contributed by atoms with Gasteiger partial charge in [-0.2, -0.15) is 5.10 Å². The van der Waals surface area contributed by atoms with Crippen LogP contribution in [-0.4, -0.2) is 27.8 Å². The van der Waals surface area contributed by atoms with Crippen molar-refractivity contribution in [2.75, 3.05) is 0 Å². The lowest BCUT2D eigenvalue weighted by Gasteiger charge is -2.02. The Morgan fingerprint density at radius 2 is 2.47 bits per heavy atom. The highest BCUT2D eigenvalue weighted by molar-refractivity contribution is 5.95. The largest absolute Gasteiger partial charge is 0.348 e. The number of nitrogens with two attached hydrogens (primary N) is 1. The smallest absolute Gasteiger partial charge is 0.255 e. The van der Waals surface area contributed by atoms with E-state index in [4.69, 9.17) is 5.73 Å². The van der Waals surface area contributed by atoms with Crippen LogP contribution in [0.3, 0.4) is 0 Å². The molecule has 2 rings (SSSR count). The van der Waals surface area contributed by atoms with E-state index in [1.807, 2.05) is 14.0 Å². The predicted molar refractivity (Wildman–Crippen MR) is 56.4 cm³/mol. The lowest BCUT2D eigenvalue weighted by Crippen LogP contribution is -2.30. The number of rotatable bonds is 3. The second-order valence-electron chi connectivity index (χ2n) is 4.00. The van der Waals surface area contributed by atoms with E-state index >= 15 is 0 Å². The maximum Gasteiger partial charge on any atom is 0.255 e. The van der Waals surface area contributed by atoms with E-state index in [1.54, 1.807) is 10.9 Å². The molecule has 2 unspecified atom stereocenters. The maximum atomic E-state index is 11.8. The van der Waals surface area contributed by atoms with E-state index in [2.05, 4.69) is 10.4 Å². The first kappa shape index (κ1) is 10.2. The summed E-state index contributed by atoms with van der Waals surface area (Å²) in [6.45, 7) is 1.99. The number of hydrogen-bond acceptors (Lipinski definition) is 3. The Labute approximate surface area is 88.6 Å². The fourth-order valence-corrected chi connectivity index (χ4v) is 1.61. The van der Waals surface area contributed by atoms with Gasteiger partial charge in [0.15, 0.2) is 0 Å². The van der Waals surface area contributed by atoms with E-state index in [0.717, 1.165) is 18.5 Å². The van der Waals surface area contributed by atoms with Crippen molar-refractivity contribution in [2.45, 2.75) is 31.8 Å². The third kappa shape index (κ3) is 2.02. The summed E-state index contributed by atoms with van der Waals surface area (Å²) in [5.41, 5.74) is 7.14. The first-order valence-electron chi connectivity index (χ1n) is 5.20. The summed E-state index contributed by atoms with van der Waals surface area (Å²) in [4.78, 5) is 11.8. The fraction of sp³-hybridized carbons (Fsp3) is 0.600. The highest BCUT2D eigenvalue weighted by Crippen LogP contribution is 2.19. The molecule has 5 nitrogen and oxygen atoms in total. The molecule has 0 spiro atoms. The van der Waals surface area contributed by atoms with Gasteiger partial charge in [0, 0.05) is 25.3 Å². The van der Waals surface area contributed by atoms with Crippen molar-refractivity contribution in [3.8, 4) is 0 Å². The van der Waals surface area contributed by atoms with Crippen molar-refractivity contribution in [1.29, 1.82) is 0 Å². The SMILES string of the molecule is CCc1nn(C)cc1C(=O)NC1CC1N. The molecule has 0 saturated heterocycles. The van der Waals surface area contributed by atoms with Crippen LogP contribution in [0.2, 0.25) is 0 Å². The van der Waals surface area contributed by atoms with Crippen molar-refractivity contribution < 1.29 is 4.79 Å². The first-order valence-corrected chi connectivity index (χ1v) is 5.20. The van der Waals surface area contributed by atoms with Crippen LogP contribution in [0.1, 0.15) is 29.4 Å². The minimum Gasteiger partial charge on any atom is -0.348 e. The Hall–Kier alpha value is -1.36. The van der Waals surface area contributed by atoms with Gasteiger partial charge in [-0.1, -0.05) is 6.92 Å². The first-order chi connectivity index (χ1) is 7.11. The third-order valence-electron chi connectivity index (χ3n) is 2.64. The summed E-state index contributed by atoms with van der Waals surface area (Å²) in [6, 6.07) is 0.290. The Balaban J connectivity index is 2.10. The molecule has 1 aromatic heterocycles. The van der Waals surface area contributed by atoms with E-state index in [0.29, 0.717) is 5.56 Å². The zero-order valence-corrected chi connectivity index (χ0v) is 9.03. The number of amides is 1. The van der Waals surface area contributed by atoms with Crippen LogP contribution in [-0.2, 0) is 13.5 Å². The zero-order chi connectivity index (χ0) is 11.0. The third-order valence-corrected chi connectivity index (χ3v) is 2.64. The monoisotopic (exact) mass is 208 g/mol. The van der Waals surface area contributed by atoms with Gasteiger partial charge >= 0.3 is 0 Å². The Morgan fingerprint density at radius 3 is 3.00 bits per heavy atom. The summed E-state index contributed by atoms with van der Waals surface area (Å²) in [5.74, 6) is -0.0575. The molecule has 1 aliphatic rings. The van der Waals surface area contributed by atoms with Crippen molar-refractivity contribution in [3.05, 3.63) is 17.5 Å². The molecular weight excluding hydrogens is 192 g/mol. The van der Waals surface area contributed by atoms with Gasteiger partial charge in [0.25, 0.3) is 5.91 Å². The Morgan fingerprint density at radius 1 is 1.80 bits per heavy atom. The molecule has 1 aromatic rings. The van der Waals surface area contributed by atoms with Crippen LogP contribution < -0.4 is 11.1 Å². The summed E-state index contributed by atoms with van der Waals surface area (Å²) in [5, 5.41) is 7.11. The highest BCUT2D eigenvalue weighted by atomic mass is 16.1. The van der Waals surface area contributed by atoms with Crippen LogP contribution in [0.25, 0.3) is 0 Å². The molecule has 15 heavy (non-hydrogen) atoms. The average Bonchev–Trinajstić information content (AvgIpc) is 2.74.